The van der Waals surface area contributed by atoms with Crippen molar-refractivity contribution in [3.8, 4) is 0 Å². The maximum Gasteiger partial charge on any atom is 0.0839 e. The van der Waals surface area contributed by atoms with Crippen LogP contribution in [-0.2, 0) is 9.47 Å². The third-order valence-electron chi connectivity index (χ3n) is 3.74. The normalized spacial score (nSPS) is 30.5. The lowest BCUT2D eigenvalue weighted by molar-refractivity contribution is -0.0993. The van der Waals surface area contributed by atoms with Crippen molar-refractivity contribution in [1.82, 2.24) is 0 Å². The van der Waals surface area contributed by atoms with E-state index in [1.54, 1.807) is 7.11 Å². The summed E-state index contributed by atoms with van der Waals surface area (Å²) in [5.41, 5.74) is 0.378. The maximum atomic E-state index is 5.93. The highest BCUT2D eigenvalue weighted by atomic mass is 16.5. The largest absolute Gasteiger partial charge is 0.382 e. The molecule has 1 heterocycles. The molecule has 1 aliphatic heterocycles. The molecule has 0 aromatic rings. The first-order valence-electron chi connectivity index (χ1n) is 7.08. The van der Waals surface area contributed by atoms with Gasteiger partial charge in [0.15, 0.2) is 0 Å². The zero-order chi connectivity index (χ0) is 12.9. The third kappa shape index (κ3) is 4.97. The molecule has 1 saturated heterocycles. The Morgan fingerprint density at radius 1 is 1.29 bits per heavy atom. The van der Waals surface area contributed by atoms with Gasteiger partial charge in [0.1, 0.15) is 0 Å². The van der Waals surface area contributed by atoms with Gasteiger partial charge in [0.05, 0.1) is 12.7 Å². The van der Waals surface area contributed by atoms with Crippen LogP contribution in [0, 0.1) is 17.3 Å². The fourth-order valence-corrected chi connectivity index (χ4v) is 3.08. The number of methoxy groups -OCH3 is 1. The van der Waals surface area contributed by atoms with Gasteiger partial charge in [-0.3, -0.25) is 0 Å². The van der Waals surface area contributed by atoms with Crippen molar-refractivity contribution in [3.05, 3.63) is 0 Å². The first-order chi connectivity index (χ1) is 7.98. The van der Waals surface area contributed by atoms with Crippen molar-refractivity contribution in [2.75, 3.05) is 20.3 Å². The van der Waals surface area contributed by atoms with Gasteiger partial charge in [-0.25, -0.2) is 0 Å². The molecule has 1 aliphatic rings. The summed E-state index contributed by atoms with van der Waals surface area (Å²) in [5, 5.41) is 0. The van der Waals surface area contributed by atoms with Crippen LogP contribution in [0.15, 0.2) is 0 Å². The van der Waals surface area contributed by atoms with Crippen molar-refractivity contribution in [2.45, 2.75) is 59.5 Å². The van der Waals surface area contributed by atoms with Crippen LogP contribution < -0.4 is 0 Å². The van der Waals surface area contributed by atoms with E-state index in [9.17, 15) is 0 Å². The van der Waals surface area contributed by atoms with Gasteiger partial charge in [0.25, 0.3) is 0 Å². The summed E-state index contributed by atoms with van der Waals surface area (Å²) in [4.78, 5) is 0. The zero-order valence-corrected chi connectivity index (χ0v) is 12.3. The molecule has 0 amide bonds. The molecule has 2 heteroatoms. The summed E-state index contributed by atoms with van der Waals surface area (Å²) in [6.07, 6.45) is 5.40. The monoisotopic (exact) mass is 242 g/mol. The van der Waals surface area contributed by atoms with Crippen LogP contribution >= 0.6 is 0 Å². The maximum absolute atomic E-state index is 5.93. The van der Waals surface area contributed by atoms with Crippen molar-refractivity contribution in [3.63, 3.8) is 0 Å². The highest BCUT2D eigenvalue weighted by molar-refractivity contribution is 4.84. The zero-order valence-electron chi connectivity index (χ0n) is 12.3. The van der Waals surface area contributed by atoms with Gasteiger partial charge in [0, 0.05) is 13.7 Å². The van der Waals surface area contributed by atoms with E-state index >= 15 is 0 Å². The fraction of sp³-hybridized carbons (Fsp3) is 1.00. The van der Waals surface area contributed by atoms with E-state index in [1.165, 1.54) is 25.7 Å². The Hall–Kier alpha value is -0.0800. The van der Waals surface area contributed by atoms with Crippen LogP contribution in [0.2, 0.25) is 0 Å². The van der Waals surface area contributed by atoms with Crippen LogP contribution in [0.3, 0.4) is 0 Å². The molecule has 0 saturated carbocycles. The van der Waals surface area contributed by atoms with Gasteiger partial charge >= 0.3 is 0 Å². The quantitative estimate of drug-likeness (QED) is 0.728. The molecule has 0 N–H and O–H groups in total. The van der Waals surface area contributed by atoms with Crippen molar-refractivity contribution < 1.29 is 9.47 Å². The smallest absolute Gasteiger partial charge is 0.0839 e. The Morgan fingerprint density at radius 2 is 2.00 bits per heavy atom. The van der Waals surface area contributed by atoms with Crippen molar-refractivity contribution >= 4 is 0 Å². The Bertz CT molecular complexity index is 189. The molecule has 3 atom stereocenters. The molecule has 1 fully saturated rings. The molecular formula is C15H30O2. The summed E-state index contributed by atoms with van der Waals surface area (Å²) in [5.74, 6) is 1.50. The van der Waals surface area contributed by atoms with Gasteiger partial charge in [0.2, 0.25) is 0 Å². The van der Waals surface area contributed by atoms with E-state index < -0.39 is 0 Å². The van der Waals surface area contributed by atoms with Crippen LogP contribution in [0.1, 0.15) is 53.4 Å². The van der Waals surface area contributed by atoms with Gasteiger partial charge < -0.3 is 9.47 Å². The first-order valence-corrected chi connectivity index (χ1v) is 7.08. The van der Waals surface area contributed by atoms with Crippen LogP contribution in [0.25, 0.3) is 0 Å². The second kappa shape index (κ2) is 6.75. The lowest BCUT2D eigenvalue weighted by Crippen LogP contribution is -2.41. The summed E-state index contributed by atoms with van der Waals surface area (Å²) in [6.45, 7) is 10.9. The van der Waals surface area contributed by atoms with E-state index in [0.29, 0.717) is 17.4 Å². The van der Waals surface area contributed by atoms with E-state index in [1.807, 2.05) is 0 Å². The minimum Gasteiger partial charge on any atom is -0.382 e. The van der Waals surface area contributed by atoms with Crippen LogP contribution in [0.4, 0.5) is 0 Å². The molecule has 2 nitrogen and oxygen atoms in total. The molecule has 2 unspecified atom stereocenters. The second-order valence-electron chi connectivity index (χ2n) is 6.63. The molecular weight excluding hydrogens is 212 g/mol. The van der Waals surface area contributed by atoms with E-state index in [4.69, 9.17) is 9.47 Å². The lowest BCUT2D eigenvalue weighted by atomic mass is 9.72. The standard InChI is InChI=1S/C15H30O2/c1-6-7-12-8-9-17-14(11-16-5)13(12)10-15(2,3)4/h12-14H,6-11H2,1-5H3/t12-,13?,14?/m1/s1. The number of hydrogen-bond donors (Lipinski definition) is 0. The predicted octanol–water partition coefficient (Wildman–Crippen LogP) is 3.89. The average molecular weight is 242 g/mol. The summed E-state index contributed by atoms with van der Waals surface area (Å²) in [7, 11) is 1.78. The van der Waals surface area contributed by atoms with Crippen molar-refractivity contribution in [2.24, 2.45) is 17.3 Å². The Balaban J connectivity index is 2.68. The molecule has 17 heavy (non-hydrogen) atoms. The van der Waals surface area contributed by atoms with Crippen molar-refractivity contribution in [1.29, 1.82) is 0 Å². The fourth-order valence-electron chi connectivity index (χ4n) is 3.08. The van der Waals surface area contributed by atoms with Crippen LogP contribution in [-0.4, -0.2) is 26.4 Å². The molecule has 102 valence electrons. The topological polar surface area (TPSA) is 18.5 Å². The summed E-state index contributed by atoms with van der Waals surface area (Å²) >= 11 is 0. The highest BCUT2D eigenvalue weighted by Crippen LogP contribution is 2.38. The highest BCUT2D eigenvalue weighted by Gasteiger charge is 2.35. The molecule has 1 rings (SSSR count). The molecule has 0 spiro atoms. The van der Waals surface area contributed by atoms with Crippen LogP contribution in [0.5, 0.6) is 0 Å². The number of ether oxygens (including phenoxy) is 2. The molecule has 0 aliphatic carbocycles. The Morgan fingerprint density at radius 3 is 2.53 bits per heavy atom. The SMILES string of the molecule is CCC[C@@H]1CCOC(COC)C1CC(C)(C)C. The number of hydrogen-bond acceptors (Lipinski definition) is 2. The minimum absolute atomic E-state index is 0.310. The summed E-state index contributed by atoms with van der Waals surface area (Å²) < 4.78 is 11.3. The van der Waals surface area contributed by atoms with E-state index in [0.717, 1.165) is 19.1 Å². The predicted molar refractivity (Wildman–Crippen MR) is 72.2 cm³/mol. The Labute approximate surface area is 107 Å². The molecule has 0 radical (unpaired) electrons. The third-order valence-corrected chi connectivity index (χ3v) is 3.74. The molecule has 0 aromatic heterocycles. The van der Waals surface area contributed by atoms with E-state index in [2.05, 4.69) is 27.7 Å². The number of rotatable bonds is 5. The van der Waals surface area contributed by atoms with Gasteiger partial charge in [-0.1, -0.05) is 40.5 Å². The lowest BCUT2D eigenvalue weighted by Gasteiger charge is -2.41. The first kappa shape index (κ1) is 15.0. The Kier molecular flexibility index (Phi) is 5.94. The van der Waals surface area contributed by atoms with E-state index in [-0.39, 0.29) is 0 Å². The van der Waals surface area contributed by atoms with Gasteiger partial charge in [-0.15, -0.1) is 0 Å². The van der Waals surface area contributed by atoms with Gasteiger partial charge in [-0.2, -0.15) is 0 Å². The summed E-state index contributed by atoms with van der Waals surface area (Å²) in [6, 6.07) is 0. The second-order valence-corrected chi connectivity index (χ2v) is 6.63. The van der Waals surface area contributed by atoms with Gasteiger partial charge in [-0.05, 0) is 30.1 Å². The molecule has 0 aromatic carbocycles. The average Bonchev–Trinajstić information content (AvgIpc) is 2.21. The minimum atomic E-state index is 0.310. The molecule has 0 bridgehead atoms.